The molecule has 4 amide bonds. The van der Waals surface area contributed by atoms with Crippen molar-refractivity contribution in [2.75, 3.05) is 13.1 Å². The lowest BCUT2D eigenvalue weighted by Crippen LogP contribution is -2.59. The third kappa shape index (κ3) is 16.6. The van der Waals surface area contributed by atoms with Gasteiger partial charge in [0.2, 0.25) is 23.6 Å². The quantitative estimate of drug-likeness (QED) is 0.0336. The molecule has 0 saturated heterocycles. The van der Waals surface area contributed by atoms with E-state index in [9.17, 15) is 44.1 Å². The molecule has 0 fully saturated rings. The lowest BCUT2D eigenvalue weighted by Gasteiger charge is -2.28. The molecule has 0 radical (unpaired) electrons. The summed E-state index contributed by atoms with van der Waals surface area (Å²) in [5, 5.41) is 38.5. The van der Waals surface area contributed by atoms with Gasteiger partial charge in [-0.1, -0.05) is 26.0 Å². The third-order valence-corrected chi connectivity index (χ3v) is 7.40. The number of aliphatic carboxylic acids is 2. The maximum absolute atomic E-state index is 13.5. The number of phenols is 1. The molecule has 5 atom stereocenters. The lowest BCUT2D eigenvalue weighted by molar-refractivity contribution is -0.142. The van der Waals surface area contributed by atoms with Crippen LogP contribution in [0.5, 0.6) is 5.75 Å². The van der Waals surface area contributed by atoms with Gasteiger partial charge in [0.15, 0.2) is 5.96 Å². The second-order valence-corrected chi connectivity index (χ2v) is 11.9. The zero-order chi connectivity index (χ0) is 37.1. The van der Waals surface area contributed by atoms with E-state index in [1.165, 1.54) is 24.3 Å². The van der Waals surface area contributed by atoms with Crippen molar-refractivity contribution in [1.29, 1.82) is 0 Å². The van der Waals surface area contributed by atoms with Crippen LogP contribution in [0.4, 0.5) is 0 Å². The molecule has 0 aliphatic rings. The molecule has 0 spiro atoms. The molecule has 1 aromatic rings. The molecule has 1 aromatic carbocycles. The van der Waals surface area contributed by atoms with Gasteiger partial charge in [-0.05, 0) is 68.7 Å². The number of amides is 4. The Morgan fingerprint density at radius 1 is 0.755 bits per heavy atom. The Morgan fingerprint density at radius 2 is 1.33 bits per heavy atom. The molecule has 18 heteroatoms. The fourth-order valence-corrected chi connectivity index (χ4v) is 4.62. The molecule has 0 aliphatic heterocycles. The summed E-state index contributed by atoms with van der Waals surface area (Å²) in [6.45, 7) is 3.78. The Bertz CT molecular complexity index is 1290. The summed E-state index contributed by atoms with van der Waals surface area (Å²) in [6.07, 6.45) is 0.711. The predicted octanol–water partition coefficient (Wildman–Crippen LogP) is -2.01. The first-order valence-corrected chi connectivity index (χ1v) is 16.0. The van der Waals surface area contributed by atoms with Crippen molar-refractivity contribution in [2.24, 2.45) is 33.8 Å². The van der Waals surface area contributed by atoms with Crippen LogP contribution in [0, 0.1) is 5.92 Å². The number of phenolic OH excluding ortho intramolecular Hbond substituents is 1. The van der Waals surface area contributed by atoms with E-state index in [0.29, 0.717) is 31.4 Å². The van der Waals surface area contributed by atoms with Crippen LogP contribution in [-0.4, -0.2) is 100 Å². The summed E-state index contributed by atoms with van der Waals surface area (Å²) < 4.78 is 0. The van der Waals surface area contributed by atoms with Crippen molar-refractivity contribution in [2.45, 2.75) is 95.4 Å². The summed E-state index contributed by atoms with van der Waals surface area (Å²) in [6, 6.07) is -0.484. The largest absolute Gasteiger partial charge is 0.508 e. The summed E-state index contributed by atoms with van der Waals surface area (Å²) in [5.74, 6) is -6.39. The molecule has 0 saturated carbocycles. The highest BCUT2D eigenvalue weighted by atomic mass is 16.4. The number of guanidine groups is 1. The Kier molecular flexibility index (Phi) is 18.7. The monoisotopic (exact) mass is 693 g/mol. The maximum atomic E-state index is 13.5. The minimum Gasteiger partial charge on any atom is -0.508 e. The van der Waals surface area contributed by atoms with Crippen LogP contribution >= 0.6 is 0 Å². The fourth-order valence-electron chi connectivity index (χ4n) is 4.62. The van der Waals surface area contributed by atoms with E-state index in [-0.39, 0.29) is 43.9 Å². The normalized spacial score (nSPS) is 14.0. The Hall–Kier alpha value is -4.97. The summed E-state index contributed by atoms with van der Waals surface area (Å²) in [5.41, 5.74) is 22.7. The standard InChI is InChI=1S/C31H51N9O9/c1-17(2)25(29(47)39-23(30(48)49)16-18-8-10-19(41)11-9-18)40-28(46)22(12-13-24(42)43)38-27(45)21(7-3-4-14-32)37-26(44)20(33)6-5-15-36-31(34)35/h8-11,17,20-23,25,41H,3-7,12-16,32-33H2,1-2H3,(H,37,44)(H,38,45)(H,39,47)(H,40,46)(H,42,43)(H,48,49)(H4,34,35,36)/t20-,21-,22-,23-,25-/m0/s1. The van der Waals surface area contributed by atoms with E-state index < -0.39 is 78.1 Å². The molecule has 18 nitrogen and oxygen atoms in total. The number of nitrogens with zero attached hydrogens (tertiary/aromatic N) is 1. The number of hydrogen-bond donors (Lipinski definition) is 11. The second kappa shape index (κ2) is 21.8. The number of carboxylic acid groups (broad SMARTS) is 2. The van der Waals surface area contributed by atoms with Crippen LogP contribution in [-0.2, 0) is 35.2 Å². The zero-order valence-electron chi connectivity index (χ0n) is 27.9. The smallest absolute Gasteiger partial charge is 0.326 e. The average molecular weight is 694 g/mol. The fraction of sp³-hybridized carbons (Fsp3) is 0.581. The zero-order valence-corrected chi connectivity index (χ0v) is 27.9. The maximum Gasteiger partial charge on any atom is 0.326 e. The Balaban J connectivity index is 3.11. The molecule has 0 aromatic heterocycles. The molecule has 49 heavy (non-hydrogen) atoms. The van der Waals surface area contributed by atoms with Gasteiger partial charge in [-0.2, -0.15) is 0 Å². The Morgan fingerprint density at radius 3 is 1.88 bits per heavy atom. The van der Waals surface area contributed by atoms with Crippen molar-refractivity contribution in [1.82, 2.24) is 21.3 Å². The van der Waals surface area contributed by atoms with E-state index in [1.54, 1.807) is 13.8 Å². The molecule has 0 heterocycles. The molecule has 0 unspecified atom stereocenters. The number of aliphatic imine (C=N–C) groups is 1. The highest BCUT2D eigenvalue weighted by molar-refractivity contribution is 5.95. The van der Waals surface area contributed by atoms with Gasteiger partial charge in [0.25, 0.3) is 0 Å². The predicted molar refractivity (Wildman–Crippen MR) is 180 cm³/mol. The van der Waals surface area contributed by atoms with Crippen molar-refractivity contribution >= 4 is 41.5 Å². The van der Waals surface area contributed by atoms with E-state index in [4.69, 9.17) is 22.9 Å². The summed E-state index contributed by atoms with van der Waals surface area (Å²) in [7, 11) is 0. The number of aromatic hydroxyl groups is 1. The van der Waals surface area contributed by atoms with Gasteiger partial charge < -0.3 is 59.5 Å². The third-order valence-electron chi connectivity index (χ3n) is 7.40. The number of benzene rings is 1. The van der Waals surface area contributed by atoms with Crippen LogP contribution in [0.1, 0.15) is 64.4 Å². The van der Waals surface area contributed by atoms with Crippen LogP contribution in [0.25, 0.3) is 0 Å². The van der Waals surface area contributed by atoms with Gasteiger partial charge in [0.05, 0.1) is 6.04 Å². The van der Waals surface area contributed by atoms with Crippen LogP contribution < -0.4 is 44.2 Å². The highest BCUT2D eigenvalue weighted by Gasteiger charge is 2.33. The first-order chi connectivity index (χ1) is 23.0. The van der Waals surface area contributed by atoms with Crippen LogP contribution in [0.2, 0.25) is 0 Å². The second-order valence-electron chi connectivity index (χ2n) is 11.9. The minimum atomic E-state index is -1.44. The van der Waals surface area contributed by atoms with E-state index >= 15 is 0 Å². The lowest BCUT2D eigenvalue weighted by atomic mass is 10.00. The molecular weight excluding hydrogens is 642 g/mol. The van der Waals surface area contributed by atoms with Gasteiger partial charge in [-0.25, -0.2) is 4.79 Å². The van der Waals surface area contributed by atoms with Crippen LogP contribution in [0.15, 0.2) is 29.3 Å². The Labute approximate surface area is 284 Å². The number of rotatable bonds is 23. The van der Waals surface area contributed by atoms with Gasteiger partial charge in [0, 0.05) is 19.4 Å². The van der Waals surface area contributed by atoms with Gasteiger partial charge >= 0.3 is 11.9 Å². The molecule has 0 aliphatic carbocycles. The van der Waals surface area contributed by atoms with Gasteiger partial charge in [-0.15, -0.1) is 0 Å². The first kappa shape index (κ1) is 42.1. The van der Waals surface area contributed by atoms with Crippen molar-refractivity contribution in [3.05, 3.63) is 29.8 Å². The molecule has 15 N–H and O–H groups in total. The van der Waals surface area contributed by atoms with Crippen molar-refractivity contribution in [3.63, 3.8) is 0 Å². The molecular formula is C31H51N9O9. The van der Waals surface area contributed by atoms with Gasteiger partial charge in [-0.3, -0.25) is 29.0 Å². The average Bonchev–Trinajstić information content (AvgIpc) is 3.03. The number of carbonyl (C=O) groups excluding carboxylic acids is 4. The summed E-state index contributed by atoms with van der Waals surface area (Å²) in [4.78, 5) is 80.2. The van der Waals surface area contributed by atoms with Crippen molar-refractivity contribution in [3.8, 4) is 5.75 Å². The number of unbranched alkanes of at least 4 members (excludes halogenated alkanes) is 1. The number of nitrogens with one attached hydrogen (secondary N) is 4. The number of carboxylic acids is 2. The SMILES string of the molecule is CC(C)[C@H](NC(=O)[C@H](CCC(=O)O)NC(=O)[C@H](CCCCN)NC(=O)[C@@H](N)CCCN=C(N)N)C(=O)N[C@@H](Cc1ccc(O)cc1)C(=O)O. The highest BCUT2D eigenvalue weighted by Crippen LogP contribution is 2.13. The van der Waals surface area contributed by atoms with E-state index in [0.717, 1.165) is 0 Å². The van der Waals surface area contributed by atoms with Gasteiger partial charge in [0.1, 0.15) is 29.9 Å². The van der Waals surface area contributed by atoms with Crippen LogP contribution in [0.3, 0.4) is 0 Å². The molecule has 274 valence electrons. The van der Waals surface area contributed by atoms with E-state index in [1.807, 2.05) is 0 Å². The number of carbonyl (C=O) groups is 6. The topological polar surface area (TPSA) is 328 Å². The van der Waals surface area contributed by atoms with E-state index in [2.05, 4.69) is 26.3 Å². The number of nitrogens with two attached hydrogens (primary N) is 4. The first-order valence-electron chi connectivity index (χ1n) is 16.0. The summed E-state index contributed by atoms with van der Waals surface area (Å²) >= 11 is 0. The number of hydrogen-bond acceptors (Lipinski definition) is 10. The molecule has 1 rings (SSSR count). The minimum absolute atomic E-state index is 0.0179. The van der Waals surface area contributed by atoms with Crippen molar-refractivity contribution < 1.29 is 44.1 Å². The molecule has 0 bridgehead atoms.